The summed E-state index contributed by atoms with van der Waals surface area (Å²) in [5, 5.41) is 0. The number of rotatable bonds is 5. The van der Waals surface area contributed by atoms with Crippen molar-refractivity contribution in [3.63, 3.8) is 0 Å². The minimum atomic E-state index is -0.0288. The molecule has 4 heteroatoms. The maximum absolute atomic E-state index is 12.1. The second kappa shape index (κ2) is 8.14. The van der Waals surface area contributed by atoms with Crippen molar-refractivity contribution in [2.24, 2.45) is 5.92 Å². The molecule has 1 saturated carbocycles. The van der Waals surface area contributed by atoms with Gasteiger partial charge in [0.15, 0.2) is 0 Å². The van der Waals surface area contributed by atoms with Gasteiger partial charge in [0, 0.05) is 18.6 Å². The molecule has 0 radical (unpaired) electrons. The van der Waals surface area contributed by atoms with Gasteiger partial charge in [0.1, 0.15) is 0 Å². The Bertz CT molecular complexity index is 328. The third-order valence-electron chi connectivity index (χ3n) is 5.31. The molecule has 1 aliphatic heterocycles. The van der Waals surface area contributed by atoms with Crippen LogP contribution in [0.15, 0.2) is 0 Å². The third kappa shape index (κ3) is 4.43. The second-order valence-corrected chi connectivity index (χ2v) is 6.51. The van der Waals surface area contributed by atoms with Gasteiger partial charge in [-0.15, -0.1) is 0 Å². The quantitative estimate of drug-likeness (QED) is 0.577. The molecular formula is C17H31NO3. The Balaban J connectivity index is 2.10. The molecule has 1 aliphatic carbocycles. The number of nitrogens with zero attached hydrogens (tertiary/aromatic N) is 1. The van der Waals surface area contributed by atoms with E-state index in [1.54, 1.807) is 0 Å². The summed E-state index contributed by atoms with van der Waals surface area (Å²) in [5.41, 5.74) is 0.0138. The second-order valence-electron chi connectivity index (χ2n) is 6.51. The van der Waals surface area contributed by atoms with E-state index >= 15 is 0 Å². The fourth-order valence-electron chi connectivity index (χ4n) is 3.99. The lowest BCUT2D eigenvalue weighted by atomic mass is 9.83. The van der Waals surface area contributed by atoms with E-state index in [2.05, 4.69) is 11.8 Å². The van der Waals surface area contributed by atoms with E-state index in [0.29, 0.717) is 13.0 Å². The molecule has 2 fully saturated rings. The molecule has 2 atom stereocenters. The lowest BCUT2D eigenvalue weighted by molar-refractivity contribution is -0.148. The highest BCUT2D eigenvalue weighted by molar-refractivity contribution is 5.71. The molecule has 21 heavy (non-hydrogen) atoms. The molecule has 0 bridgehead atoms. The highest BCUT2D eigenvalue weighted by atomic mass is 16.5. The van der Waals surface area contributed by atoms with Crippen LogP contribution >= 0.6 is 0 Å². The molecule has 122 valence electrons. The first-order chi connectivity index (χ1) is 10.2. The van der Waals surface area contributed by atoms with E-state index in [1.165, 1.54) is 25.7 Å². The van der Waals surface area contributed by atoms with Gasteiger partial charge in [0.2, 0.25) is 0 Å². The molecule has 0 aromatic heterocycles. The van der Waals surface area contributed by atoms with Crippen LogP contribution in [0.2, 0.25) is 0 Å². The summed E-state index contributed by atoms with van der Waals surface area (Å²) in [4.78, 5) is 14.7. The Hall–Kier alpha value is -0.610. The number of ether oxygens (including phenoxy) is 2. The van der Waals surface area contributed by atoms with Crippen LogP contribution in [0.1, 0.15) is 58.8 Å². The molecule has 1 saturated heterocycles. The number of carbonyl (C=O) groups excluding carboxylic acids is 1. The first-order valence-corrected chi connectivity index (χ1v) is 8.68. The van der Waals surface area contributed by atoms with Crippen molar-refractivity contribution >= 4 is 5.97 Å². The predicted octanol–water partition coefficient (Wildman–Crippen LogP) is 3.00. The minimum absolute atomic E-state index is 0.0138. The highest BCUT2D eigenvalue weighted by Crippen LogP contribution is 2.39. The van der Waals surface area contributed by atoms with Crippen LogP contribution in [-0.2, 0) is 14.3 Å². The fourth-order valence-corrected chi connectivity index (χ4v) is 3.99. The Morgan fingerprint density at radius 1 is 1.24 bits per heavy atom. The zero-order chi connectivity index (χ0) is 15.1. The monoisotopic (exact) mass is 297 g/mol. The van der Waals surface area contributed by atoms with Crippen LogP contribution < -0.4 is 0 Å². The number of esters is 1. The summed E-state index contributed by atoms with van der Waals surface area (Å²) in [7, 11) is 0. The summed E-state index contributed by atoms with van der Waals surface area (Å²) in [5.74, 6) is 0.800. The largest absolute Gasteiger partial charge is 0.466 e. The Morgan fingerprint density at radius 3 is 2.67 bits per heavy atom. The molecule has 4 nitrogen and oxygen atoms in total. The van der Waals surface area contributed by atoms with Crippen molar-refractivity contribution in [3.05, 3.63) is 0 Å². The average Bonchev–Trinajstić information content (AvgIpc) is 2.71. The van der Waals surface area contributed by atoms with E-state index in [9.17, 15) is 4.79 Å². The topological polar surface area (TPSA) is 38.8 Å². The van der Waals surface area contributed by atoms with Crippen LogP contribution in [0.4, 0.5) is 0 Å². The van der Waals surface area contributed by atoms with E-state index < -0.39 is 0 Å². The minimum Gasteiger partial charge on any atom is -0.466 e. The smallest absolute Gasteiger partial charge is 0.307 e. The maximum atomic E-state index is 12.1. The van der Waals surface area contributed by atoms with E-state index in [-0.39, 0.29) is 11.5 Å². The molecule has 2 unspecified atom stereocenters. The number of hydrogen-bond acceptors (Lipinski definition) is 4. The zero-order valence-electron chi connectivity index (χ0n) is 13.7. The van der Waals surface area contributed by atoms with Crippen LogP contribution in [0.25, 0.3) is 0 Å². The molecule has 0 spiro atoms. The van der Waals surface area contributed by atoms with Crippen molar-refractivity contribution in [2.45, 2.75) is 64.3 Å². The fraction of sp³-hybridized carbons (Fsp3) is 0.941. The van der Waals surface area contributed by atoms with Crippen LogP contribution in [0.5, 0.6) is 0 Å². The Labute approximate surface area is 129 Å². The van der Waals surface area contributed by atoms with E-state index in [4.69, 9.17) is 9.47 Å². The van der Waals surface area contributed by atoms with Gasteiger partial charge in [0.25, 0.3) is 0 Å². The van der Waals surface area contributed by atoms with Crippen LogP contribution in [0.3, 0.4) is 0 Å². The average molecular weight is 297 g/mol. The normalized spacial score (nSPS) is 31.6. The first-order valence-electron chi connectivity index (χ1n) is 8.68. The van der Waals surface area contributed by atoms with Gasteiger partial charge < -0.3 is 9.47 Å². The summed E-state index contributed by atoms with van der Waals surface area (Å²) < 4.78 is 10.8. The molecule has 0 aromatic carbocycles. The first kappa shape index (κ1) is 16.8. The SMILES string of the molecule is CCOC(=O)CC1(N2CCOCC2)CCCC(CC)CC1. The summed E-state index contributed by atoms with van der Waals surface area (Å²) in [6.07, 6.45) is 7.86. The molecule has 1 heterocycles. The molecule has 2 aliphatic rings. The standard InChI is InChI=1S/C17H31NO3/c1-3-15-6-5-8-17(9-7-15,14-16(19)21-4-2)18-10-12-20-13-11-18/h15H,3-14H2,1-2H3. The number of carbonyl (C=O) groups is 1. The molecular weight excluding hydrogens is 266 g/mol. The van der Waals surface area contributed by atoms with Crippen molar-refractivity contribution in [2.75, 3.05) is 32.9 Å². The van der Waals surface area contributed by atoms with Crippen LogP contribution in [-0.4, -0.2) is 49.3 Å². The van der Waals surface area contributed by atoms with Crippen molar-refractivity contribution in [1.29, 1.82) is 0 Å². The van der Waals surface area contributed by atoms with Gasteiger partial charge in [-0.05, 0) is 32.1 Å². The van der Waals surface area contributed by atoms with Gasteiger partial charge in [-0.2, -0.15) is 0 Å². The molecule has 0 N–H and O–H groups in total. The lowest BCUT2D eigenvalue weighted by Gasteiger charge is -2.45. The summed E-state index contributed by atoms with van der Waals surface area (Å²) in [6, 6.07) is 0. The van der Waals surface area contributed by atoms with Gasteiger partial charge in [-0.25, -0.2) is 0 Å². The van der Waals surface area contributed by atoms with Crippen molar-refractivity contribution in [3.8, 4) is 0 Å². The van der Waals surface area contributed by atoms with Gasteiger partial charge in [0.05, 0.1) is 26.2 Å². The van der Waals surface area contributed by atoms with E-state index in [1.807, 2.05) is 6.92 Å². The molecule has 0 amide bonds. The summed E-state index contributed by atoms with van der Waals surface area (Å²) in [6.45, 7) is 8.16. The maximum Gasteiger partial charge on any atom is 0.307 e. The lowest BCUT2D eigenvalue weighted by Crippen LogP contribution is -2.54. The summed E-state index contributed by atoms with van der Waals surface area (Å²) >= 11 is 0. The predicted molar refractivity (Wildman–Crippen MR) is 83.2 cm³/mol. The third-order valence-corrected chi connectivity index (χ3v) is 5.31. The van der Waals surface area contributed by atoms with Gasteiger partial charge >= 0.3 is 5.97 Å². The number of morpholine rings is 1. The molecule has 0 aromatic rings. The molecule has 2 rings (SSSR count). The van der Waals surface area contributed by atoms with Gasteiger partial charge in [-0.3, -0.25) is 9.69 Å². The zero-order valence-corrected chi connectivity index (χ0v) is 13.7. The number of hydrogen-bond donors (Lipinski definition) is 0. The van der Waals surface area contributed by atoms with E-state index in [0.717, 1.165) is 45.1 Å². The Morgan fingerprint density at radius 2 is 2.00 bits per heavy atom. The Kier molecular flexibility index (Phi) is 6.49. The van der Waals surface area contributed by atoms with Crippen molar-refractivity contribution < 1.29 is 14.3 Å². The highest BCUT2D eigenvalue weighted by Gasteiger charge is 2.41. The van der Waals surface area contributed by atoms with Crippen molar-refractivity contribution in [1.82, 2.24) is 4.90 Å². The van der Waals surface area contributed by atoms with Crippen LogP contribution in [0, 0.1) is 5.92 Å². The van der Waals surface area contributed by atoms with Gasteiger partial charge in [-0.1, -0.05) is 26.2 Å².